The molecule has 2 atom stereocenters. The van der Waals surface area contributed by atoms with Crippen LogP contribution in [0.2, 0.25) is 0 Å². The number of carbonyl (C=O) groups is 1. The van der Waals surface area contributed by atoms with Crippen LogP contribution in [0.3, 0.4) is 0 Å². The summed E-state index contributed by atoms with van der Waals surface area (Å²) in [5.41, 5.74) is 0.250. The zero-order chi connectivity index (χ0) is 21.8. The zero-order valence-electron chi connectivity index (χ0n) is 17.1. The van der Waals surface area contributed by atoms with Crippen molar-refractivity contribution in [3.8, 4) is 0 Å². The van der Waals surface area contributed by atoms with Crippen LogP contribution in [0.4, 0.5) is 10.1 Å². The molecule has 0 bridgehead atoms. The van der Waals surface area contributed by atoms with Crippen LogP contribution >= 0.6 is 11.8 Å². The number of anilines is 1. The van der Waals surface area contributed by atoms with Crippen molar-refractivity contribution in [2.45, 2.75) is 49.2 Å². The molecule has 1 fully saturated rings. The molecule has 7 nitrogen and oxygen atoms in total. The number of aromatic nitrogens is 3. The molecule has 3 heterocycles. The average molecular weight is 443 g/mol. The van der Waals surface area contributed by atoms with Gasteiger partial charge in [0.25, 0.3) is 5.56 Å². The topological polar surface area (TPSA) is 86.1 Å². The SMILES string of the molecule is CC[C@H](Sc1nc2ncccc2c(=O)n1C[C@H]1CCCO1)C(=O)Nc1ccccc1F. The van der Waals surface area contributed by atoms with E-state index in [0.717, 1.165) is 12.8 Å². The number of nitrogens with one attached hydrogen (secondary N) is 1. The predicted molar refractivity (Wildman–Crippen MR) is 118 cm³/mol. The molecule has 0 unspecified atom stereocenters. The number of para-hydroxylation sites is 1. The van der Waals surface area contributed by atoms with Gasteiger partial charge in [-0.2, -0.15) is 0 Å². The summed E-state index contributed by atoms with van der Waals surface area (Å²) in [5, 5.41) is 2.90. The fraction of sp³-hybridized carbons (Fsp3) is 0.364. The summed E-state index contributed by atoms with van der Waals surface area (Å²) >= 11 is 1.18. The van der Waals surface area contributed by atoms with Gasteiger partial charge in [-0.3, -0.25) is 14.2 Å². The summed E-state index contributed by atoms with van der Waals surface area (Å²) in [5.74, 6) is -0.851. The molecule has 1 aliphatic rings. The molecule has 1 aromatic carbocycles. The van der Waals surface area contributed by atoms with Crippen LogP contribution in [-0.4, -0.2) is 38.4 Å². The quantitative estimate of drug-likeness (QED) is 0.444. The maximum atomic E-state index is 14.0. The van der Waals surface area contributed by atoms with Crippen molar-refractivity contribution in [3.05, 3.63) is 58.8 Å². The Kier molecular flexibility index (Phi) is 6.62. The van der Waals surface area contributed by atoms with Gasteiger partial charge in [-0.05, 0) is 43.5 Å². The first-order valence-electron chi connectivity index (χ1n) is 10.3. The number of halogens is 1. The Labute approximate surface area is 183 Å². The molecule has 1 saturated heterocycles. The van der Waals surface area contributed by atoms with Gasteiger partial charge in [-0.25, -0.2) is 14.4 Å². The number of carbonyl (C=O) groups excluding carboxylic acids is 1. The molecule has 1 N–H and O–H groups in total. The predicted octanol–water partition coefficient (Wildman–Crippen LogP) is 3.62. The van der Waals surface area contributed by atoms with E-state index in [1.807, 2.05) is 6.92 Å². The van der Waals surface area contributed by atoms with Crippen molar-refractivity contribution in [3.63, 3.8) is 0 Å². The van der Waals surface area contributed by atoms with Gasteiger partial charge in [0.15, 0.2) is 10.8 Å². The maximum Gasteiger partial charge on any atom is 0.263 e. The summed E-state index contributed by atoms with van der Waals surface area (Å²) in [6, 6.07) is 9.41. The van der Waals surface area contributed by atoms with Crippen LogP contribution < -0.4 is 10.9 Å². The Hall–Kier alpha value is -2.78. The van der Waals surface area contributed by atoms with Gasteiger partial charge in [-0.1, -0.05) is 30.8 Å². The van der Waals surface area contributed by atoms with Gasteiger partial charge in [0.05, 0.1) is 29.0 Å². The number of rotatable bonds is 7. The van der Waals surface area contributed by atoms with Gasteiger partial charge in [0, 0.05) is 12.8 Å². The Balaban J connectivity index is 1.65. The monoisotopic (exact) mass is 442 g/mol. The Morgan fingerprint density at radius 3 is 2.94 bits per heavy atom. The highest BCUT2D eigenvalue weighted by molar-refractivity contribution is 8.00. The van der Waals surface area contributed by atoms with Crippen molar-refractivity contribution < 1.29 is 13.9 Å². The van der Waals surface area contributed by atoms with E-state index in [9.17, 15) is 14.0 Å². The van der Waals surface area contributed by atoms with Gasteiger partial charge >= 0.3 is 0 Å². The molecule has 1 amide bonds. The van der Waals surface area contributed by atoms with Crippen LogP contribution in [0.5, 0.6) is 0 Å². The number of fused-ring (bicyclic) bond motifs is 1. The highest BCUT2D eigenvalue weighted by Crippen LogP contribution is 2.27. The lowest BCUT2D eigenvalue weighted by atomic mass is 10.2. The molecule has 0 aliphatic carbocycles. The van der Waals surface area contributed by atoms with E-state index >= 15 is 0 Å². The van der Waals surface area contributed by atoms with Gasteiger partial charge in [0.2, 0.25) is 5.91 Å². The van der Waals surface area contributed by atoms with Crippen molar-refractivity contribution in [2.24, 2.45) is 0 Å². The standard InChI is InChI=1S/C22H23FN4O3S/c1-2-18(20(28)25-17-10-4-3-9-16(17)23)31-22-26-19-15(8-5-11-24-19)21(29)27(22)13-14-7-6-12-30-14/h3-5,8-11,14,18H,2,6-7,12-13H2,1H3,(H,25,28)/t14-,18+/m1/s1. The third-order valence-corrected chi connectivity index (χ3v) is 6.50. The average Bonchev–Trinajstić information content (AvgIpc) is 3.29. The van der Waals surface area contributed by atoms with E-state index in [1.54, 1.807) is 35.0 Å². The van der Waals surface area contributed by atoms with E-state index < -0.39 is 11.1 Å². The van der Waals surface area contributed by atoms with Crippen molar-refractivity contribution in [1.29, 1.82) is 0 Å². The molecule has 3 aromatic rings. The van der Waals surface area contributed by atoms with Crippen molar-refractivity contribution in [2.75, 3.05) is 11.9 Å². The third-order valence-electron chi connectivity index (χ3n) is 5.15. The van der Waals surface area contributed by atoms with Crippen LogP contribution in [0, 0.1) is 5.82 Å². The number of thioether (sulfide) groups is 1. The summed E-state index contributed by atoms with van der Waals surface area (Å²) in [6.07, 6.45) is 3.80. The maximum absolute atomic E-state index is 14.0. The molecule has 1 aliphatic heterocycles. The third kappa shape index (κ3) is 4.77. The van der Waals surface area contributed by atoms with E-state index in [4.69, 9.17) is 4.74 Å². The Morgan fingerprint density at radius 2 is 2.19 bits per heavy atom. The molecule has 31 heavy (non-hydrogen) atoms. The molecule has 162 valence electrons. The molecule has 0 saturated carbocycles. The normalized spacial score (nSPS) is 17.0. The number of hydrogen-bond acceptors (Lipinski definition) is 6. The van der Waals surface area contributed by atoms with E-state index in [1.165, 1.54) is 23.9 Å². The minimum atomic E-state index is -0.566. The Bertz CT molecular complexity index is 1150. The lowest BCUT2D eigenvalue weighted by Crippen LogP contribution is -2.31. The first-order valence-corrected chi connectivity index (χ1v) is 11.1. The Morgan fingerprint density at radius 1 is 1.35 bits per heavy atom. The lowest BCUT2D eigenvalue weighted by Gasteiger charge is -2.19. The van der Waals surface area contributed by atoms with Crippen LogP contribution in [0.1, 0.15) is 26.2 Å². The first kappa shape index (κ1) is 21.5. The highest BCUT2D eigenvalue weighted by atomic mass is 32.2. The number of nitrogens with zero attached hydrogens (tertiary/aromatic N) is 3. The fourth-order valence-corrected chi connectivity index (χ4v) is 4.52. The van der Waals surface area contributed by atoms with Crippen LogP contribution in [0.15, 0.2) is 52.5 Å². The summed E-state index contributed by atoms with van der Waals surface area (Å²) in [6.45, 7) is 2.90. The fourth-order valence-electron chi connectivity index (χ4n) is 3.50. The molecule has 2 aromatic heterocycles. The molecular formula is C22H23FN4O3S. The van der Waals surface area contributed by atoms with Gasteiger partial charge in [0.1, 0.15) is 5.82 Å². The van der Waals surface area contributed by atoms with Crippen LogP contribution in [-0.2, 0) is 16.1 Å². The van der Waals surface area contributed by atoms with E-state index in [-0.39, 0.29) is 23.3 Å². The number of hydrogen-bond donors (Lipinski definition) is 1. The molecule has 0 radical (unpaired) electrons. The second-order valence-electron chi connectivity index (χ2n) is 7.30. The minimum Gasteiger partial charge on any atom is -0.376 e. The second kappa shape index (κ2) is 9.57. The largest absolute Gasteiger partial charge is 0.376 e. The number of benzene rings is 1. The molecule has 9 heteroatoms. The van der Waals surface area contributed by atoms with Gasteiger partial charge < -0.3 is 10.1 Å². The summed E-state index contributed by atoms with van der Waals surface area (Å²) < 4.78 is 21.3. The summed E-state index contributed by atoms with van der Waals surface area (Å²) in [7, 11) is 0. The van der Waals surface area contributed by atoms with Crippen molar-refractivity contribution >= 4 is 34.4 Å². The molecular weight excluding hydrogens is 419 g/mol. The number of amides is 1. The number of ether oxygens (including phenoxy) is 1. The zero-order valence-corrected chi connectivity index (χ0v) is 17.9. The van der Waals surface area contributed by atoms with Crippen LogP contribution in [0.25, 0.3) is 11.0 Å². The van der Waals surface area contributed by atoms with E-state index in [2.05, 4.69) is 15.3 Å². The molecule has 4 rings (SSSR count). The smallest absolute Gasteiger partial charge is 0.263 e. The van der Waals surface area contributed by atoms with E-state index in [0.29, 0.717) is 35.8 Å². The highest BCUT2D eigenvalue weighted by Gasteiger charge is 2.25. The van der Waals surface area contributed by atoms with Gasteiger partial charge in [-0.15, -0.1) is 0 Å². The minimum absolute atomic E-state index is 0.0692. The first-order chi connectivity index (χ1) is 15.1. The summed E-state index contributed by atoms with van der Waals surface area (Å²) in [4.78, 5) is 34.8. The lowest BCUT2D eigenvalue weighted by molar-refractivity contribution is -0.115. The molecule has 0 spiro atoms. The number of pyridine rings is 1. The second-order valence-corrected chi connectivity index (χ2v) is 8.47. The van der Waals surface area contributed by atoms with Crippen molar-refractivity contribution in [1.82, 2.24) is 14.5 Å².